The molecule has 0 aliphatic carbocycles. The summed E-state index contributed by atoms with van der Waals surface area (Å²) in [5.74, 6) is 0.589. The maximum absolute atomic E-state index is 6.00. The molecule has 1 fully saturated rings. The highest BCUT2D eigenvalue weighted by Crippen LogP contribution is 2.32. The summed E-state index contributed by atoms with van der Waals surface area (Å²) in [6.45, 7) is 6.36. The van der Waals surface area contributed by atoms with Crippen LogP contribution in [0.3, 0.4) is 0 Å². The summed E-state index contributed by atoms with van der Waals surface area (Å²) in [4.78, 5) is 4.61. The van der Waals surface area contributed by atoms with Crippen LogP contribution in [0.5, 0.6) is 0 Å². The van der Waals surface area contributed by atoms with Crippen LogP contribution in [0.1, 0.15) is 38.3 Å². The van der Waals surface area contributed by atoms with Gasteiger partial charge in [0.25, 0.3) is 0 Å². The highest BCUT2D eigenvalue weighted by atomic mass is 16.5. The quantitative estimate of drug-likeness (QED) is 0.909. The lowest BCUT2D eigenvalue weighted by atomic mass is 9.92. The van der Waals surface area contributed by atoms with Gasteiger partial charge in [0, 0.05) is 18.2 Å². The third-order valence-corrected chi connectivity index (χ3v) is 4.36. The van der Waals surface area contributed by atoms with E-state index >= 15 is 0 Å². The fraction of sp³-hybridized carbons (Fsp3) is 0.500. The Balaban J connectivity index is 1.92. The van der Waals surface area contributed by atoms with E-state index in [-0.39, 0.29) is 12.1 Å². The number of hydrogen-bond donors (Lipinski definition) is 1. The minimum Gasteiger partial charge on any atom is -0.376 e. The van der Waals surface area contributed by atoms with E-state index in [0.717, 1.165) is 31.5 Å². The maximum atomic E-state index is 6.00. The average molecular weight is 284 g/mol. The fourth-order valence-corrected chi connectivity index (χ4v) is 3.12. The first kappa shape index (κ1) is 14.5. The standard InChI is InChI=1S/C18H24N2O/c1-3-9-19-17(18-13(2)8-10-21-18)15-11-14-6-4-5-7-16(14)20-12-15/h4-7,11-13,17-19H,3,8-10H2,1-2H3. The molecule has 0 amide bonds. The summed E-state index contributed by atoms with van der Waals surface area (Å²) in [6, 6.07) is 10.8. The van der Waals surface area contributed by atoms with Crippen molar-refractivity contribution in [2.45, 2.75) is 38.8 Å². The Kier molecular flexibility index (Phi) is 4.51. The number of hydrogen-bond acceptors (Lipinski definition) is 3. The summed E-state index contributed by atoms with van der Waals surface area (Å²) in [5, 5.41) is 4.86. The first-order chi connectivity index (χ1) is 10.3. The zero-order valence-corrected chi connectivity index (χ0v) is 12.9. The van der Waals surface area contributed by atoms with Gasteiger partial charge in [-0.15, -0.1) is 0 Å². The zero-order chi connectivity index (χ0) is 14.7. The molecule has 21 heavy (non-hydrogen) atoms. The first-order valence-corrected chi connectivity index (χ1v) is 7.99. The van der Waals surface area contributed by atoms with Gasteiger partial charge in [0.1, 0.15) is 0 Å². The molecule has 0 radical (unpaired) electrons. The number of benzene rings is 1. The first-order valence-electron chi connectivity index (χ1n) is 7.99. The van der Waals surface area contributed by atoms with E-state index in [1.807, 2.05) is 12.3 Å². The van der Waals surface area contributed by atoms with E-state index in [4.69, 9.17) is 4.74 Å². The van der Waals surface area contributed by atoms with Crippen molar-refractivity contribution in [2.75, 3.05) is 13.2 Å². The van der Waals surface area contributed by atoms with E-state index in [9.17, 15) is 0 Å². The van der Waals surface area contributed by atoms with Gasteiger partial charge in [-0.2, -0.15) is 0 Å². The van der Waals surface area contributed by atoms with Crippen molar-refractivity contribution < 1.29 is 4.74 Å². The second kappa shape index (κ2) is 6.54. The minimum atomic E-state index is 0.236. The molecule has 1 saturated heterocycles. The Hall–Kier alpha value is -1.45. The largest absolute Gasteiger partial charge is 0.376 e. The van der Waals surface area contributed by atoms with Crippen LogP contribution in [0, 0.1) is 5.92 Å². The Labute approximate surface area is 126 Å². The Morgan fingerprint density at radius 3 is 3.00 bits per heavy atom. The molecule has 0 saturated carbocycles. The number of para-hydroxylation sites is 1. The third-order valence-electron chi connectivity index (χ3n) is 4.36. The minimum absolute atomic E-state index is 0.236. The van der Waals surface area contributed by atoms with Gasteiger partial charge in [-0.25, -0.2) is 0 Å². The Bertz CT molecular complexity index is 599. The summed E-state index contributed by atoms with van der Waals surface area (Å²) in [5.41, 5.74) is 2.29. The van der Waals surface area contributed by atoms with Crippen LogP contribution in [0.15, 0.2) is 36.5 Å². The van der Waals surface area contributed by atoms with Crippen LogP contribution < -0.4 is 5.32 Å². The molecule has 3 rings (SSSR count). The van der Waals surface area contributed by atoms with Gasteiger partial charge in [-0.1, -0.05) is 32.0 Å². The molecule has 3 heteroatoms. The number of rotatable bonds is 5. The molecule has 1 aromatic heterocycles. The summed E-state index contributed by atoms with van der Waals surface area (Å²) in [7, 11) is 0. The van der Waals surface area contributed by atoms with Crippen LogP contribution in [-0.2, 0) is 4.74 Å². The van der Waals surface area contributed by atoms with Crippen molar-refractivity contribution in [1.82, 2.24) is 10.3 Å². The van der Waals surface area contributed by atoms with Crippen molar-refractivity contribution in [3.05, 3.63) is 42.1 Å². The van der Waals surface area contributed by atoms with Gasteiger partial charge < -0.3 is 10.1 Å². The average Bonchev–Trinajstić information content (AvgIpc) is 2.94. The summed E-state index contributed by atoms with van der Waals surface area (Å²) < 4.78 is 6.00. The monoisotopic (exact) mass is 284 g/mol. The molecule has 1 aliphatic heterocycles. The van der Waals surface area contributed by atoms with Crippen LogP contribution in [-0.4, -0.2) is 24.2 Å². The van der Waals surface area contributed by atoms with Gasteiger partial charge in [0.15, 0.2) is 0 Å². The van der Waals surface area contributed by atoms with Crippen LogP contribution in [0.4, 0.5) is 0 Å². The smallest absolute Gasteiger partial charge is 0.0796 e. The highest BCUT2D eigenvalue weighted by Gasteiger charge is 2.32. The van der Waals surface area contributed by atoms with Gasteiger partial charge in [-0.3, -0.25) is 4.98 Å². The van der Waals surface area contributed by atoms with Gasteiger partial charge >= 0.3 is 0 Å². The molecule has 1 aromatic carbocycles. The Morgan fingerprint density at radius 1 is 1.38 bits per heavy atom. The maximum Gasteiger partial charge on any atom is 0.0796 e. The molecular formula is C18H24N2O. The molecule has 1 N–H and O–H groups in total. The van der Waals surface area contributed by atoms with Crippen molar-refractivity contribution >= 4 is 10.9 Å². The second-order valence-electron chi connectivity index (χ2n) is 5.99. The molecule has 3 atom stereocenters. The molecule has 3 unspecified atom stereocenters. The van der Waals surface area contributed by atoms with E-state index in [1.54, 1.807) is 0 Å². The number of nitrogens with zero attached hydrogens (tertiary/aromatic N) is 1. The van der Waals surface area contributed by atoms with Crippen LogP contribution in [0.25, 0.3) is 10.9 Å². The molecule has 0 bridgehead atoms. The van der Waals surface area contributed by atoms with Crippen LogP contribution in [0.2, 0.25) is 0 Å². The van der Waals surface area contributed by atoms with Crippen molar-refractivity contribution in [3.8, 4) is 0 Å². The van der Waals surface area contributed by atoms with E-state index < -0.39 is 0 Å². The summed E-state index contributed by atoms with van der Waals surface area (Å²) >= 11 is 0. The molecule has 0 spiro atoms. The van der Waals surface area contributed by atoms with Gasteiger partial charge in [-0.05, 0) is 43.0 Å². The number of pyridine rings is 1. The number of ether oxygens (including phenoxy) is 1. The van der Waals surface area contributed by atoms with Crippen molar-refractivity contribution in [1.29, 1.82) is 0 Å². The van der Waals surface area contributed by atoms with Crippen molar-refractivity contribution in [3.63, 3.8) is 0 Å². The number of fused-ring (bicyclic) bond motifs is 1. The number of aromatic nitrogens is 1. The predicted octanol–water partition coefficient (Wildman–Crippen LogP) is 3.70. The van der Waals surface area contributed by atoms with Crippen molar-refractivity contribution in [2.24, 2.45) is 5.92 Å². The zero-order valence-electron chi connectivity index (χ0n) is 12.9. The van der Waals surface area contributed by atoms with E-state index in [2.05, 4.69) is 48.4 Å². The fourth-order valence-electron chi connectivity index (χ4n) is 3.12. The highest BCUT2D eigenvalue weighted by molar-refractivity contribution is 5.78. The lowest BCUT2D eigenvalue weighted by molar-refractivity contribution is 0.0607. The molecule has 1 aliphatic rings. The summed E-state index contributed by atoms with van der Waals surface area (Å²) in [6.07, 6.45) is 4.53. The number of nitrogens with one attached hydrogen (secondary N) is 1. The molecular weight excluding hydrogens is 260 g/mol. The van der Waals surface area contributed by atoms with Crippen LogP contribution >= 0.6 is 0 Å². The SMILES string of the molecule is CCCNC(c1cnc2ccccc2c1)C1OCCC1C. The van der Waals surface area contributed by atoms with Gasteiger partial charge in [0.2, 0.25) is 0 Å². The Morgan fingerprint density at radius 2 is 2.24 bits per heavy atom. The molecule has 2 aromatic rings. The molecule has 112 valence electrons. The normalized spacial score (nSPS) is 23.5. The lowest BCUT2D eigenvalue weighted by Gasteiger charge is -2.27. The predicted molar refractivity (Wildman–Crippen MR) is 86.3 cm³/mol. The lowest BCUT2D eigenvalue weighted by Crippen LogP contribution is -2.35. The topological polar surface area (TPSA) is 34.2 Å². The van der Waals surface area contributed by atoms with E-state index in [1.165, 1.54) is 10.9 Å². The second-order valence-corrected chi connectivity index (χ2v) is 5.99. The third kappa shape index (κ3) is 3.09. The molecule has 3 nitrogen and oxygen atoms in total. The van der Waals surface area contributed by atoms with E-state index in [0.29, 0.717) is 5.92 Å². The van der Waals surface area contributed by atoms with Gasteiger partial charge in [0.05, 0.1) is 17.7 Å². The molecule has 2 heterocycles.